The maximum Gasteiger partial charge on any atom is 0.213 e. The SMILES string of the molecule is CCCCS(=O)(=O)N(C)CCNC.Cl. The van der Waals surface area contributed by atoms with Gasteiger partial charge >= 0.3 is 0 Å². The number of likely N-dealkylation sites (N-methyl/N-ethyl adjacent to an activating group) is 2. The van der Waals surface area contributed by atoms with Crippen LogP contribution in [0, 0.1) is 0 Å². The van der Waals surface area contributed by atoms with E-state index < -0.39 is 10.0 Å². The van der Waals surface area contributed by atoms with Gasteiger partial charge in [0, 0.05) is 20.1 Å². The molecule has 14 heavy (non-hydrogen) atoms. The molecule has 0 aliphatic heterocycles. The maximum absolute atomic E-state index is 11.5. The van der Waals surface area contributed by atoms with Crippen LogP contribution in [0.2, 0.25) is 0 Å². The quantitative estimate of drug-likeness (QED) is 0.717. The average molecular weight is 245 g/mol. The molecule has 0 aliphatic rings. The van der Waals surface area contributed by atoms with Crippen LogP contribution in [0.15, 0.2) is 0 Å². The van der Waals surface area contributed by atoms with Crippen LogP contribution in [0.5, 0.6) is 0 Å². The van der Waals surface area contributed by atoms with E-state index >= 15 is 0 Å². The normalized spacial score (nSPS) is 11.4. The van der Waals surface area contributed by atoms with Gasteiger partial charge in [-0.1, -0.05) is 13.3 Å². The number of nitrogens with one attached hydrogen (secondary N) is 1. The van der Waals surface area contributed by atoms with Crippen molar-refractivity contribution in [3.63, 3.8) is 0 Å². The van der Waals surface area contributed by atoms with Crippen molar-refractivity contribution in [2.24, 2.45) is 0 Å². The fourth-order valence-corrected chi connectivity index (χ4v) is 2.23. The Labute approximate surface area is 93.5 Å². The lowest BCUT2D eigenvalue weighted by Crippen LogP contribution is -2.34. The summed E-state index contributed by atoms with van der Waals surface area (Å²) in [7, 11) is 0.438. The second-order valence-corrected chi connectivity index (χ2v) is 5.29. The second-order valence-electron chi connectivity index (χ2n) is 3.09. The topological polar surface area (TPSA) is 49.4 Å². The smallest absolute Gasteiger partial charge is 0.213 e. The molecule has 6 heteroatoms. The Morgan fingerprint density at radius 1 is 1.36 bits per heavy atom. The van der Waals surface area contributed by atoms with Crippen LogP contribution in [0.1, 0.15) is 19.8 Å². The van der Waals surface area contributed by atoms with Crippen molar-refractivity contribution in [2.75, 3.05) is 32.9 Å². The highest BCUT2D eigenvalue weighted by molar-refractivity contribution is 7.89. The lowest BCUT2D eigenvalue weighted by molar-refractivity contribution is 0.464. The Bertz CT molecular complexity index is 219. The molecule has 0 amide bonds. The molecule has 88 valence electrons. The van der Waals surface area contributed by atoms with E-state index in [0.717, 1.165) is 12.8 Å². The highest BCUT2D eigenvalue weighted by Gasteiger charge is 2.15. The first-order chi connectivity index (χ1) is 6.04. The van der Waals surface area contributed by atoms with Gasteiger partial charge in [-0.3, -0.25) is 0 Å². The molecule has 0 unspecified atom stereocenters. The number of hydrogen-bond donors (Lipinski definition) is 1. The van der Waals surface area contributed by atoms with Crippen LogP contribution in [0.3, 0.4) is 0 Å². The second kappa shape index (κ2) is 8.47. The summed E-state index contributed by atoms with van der Waals surface area (Å²) in [5.41, 5.74) is 0. The van der Waals surface area contributed by atoms with Crippen molar-refractivity contribution in [1.29, 1.82) is 0 Å². The van der Waals surface area contributed by atoms with Gasteiger partial charge in [0.1, 0.15) is 0 Å². The van der Waals surface area contributed by atoms with Gasteiger partial charge in [-0.05, 0) is 13.5 Å². The standard InChI is InChI=1S/C8H20N2O2S.ClH/c1-4-5-8-13(11,12)10(3)7-6-9-2;/h9H,4-8H2,1-3H3;1H. The third kappa shape index (κ3) is 6.59. The zero-order valence-corrected chi connectivity index (χ0v) is 10.7. The molecule has 0 aromatic rings. The zero-order chi connectivity index (χ0) is 10.3. The summed E-state index contributed by atoms with van der Waals surface area (Å²) in [6, 6.07) is 0. The third-order valence-electron chi connectivity index (χ3n) is 1.91. The van der Waals surface area contributed by atoms with Crippen molar-refractivity contribution < 1.29 is 8.42 Å². The highest BCUT2D eigenvalue weighted by atomic mass is 35.5. The van der Waals surface area contributed by atoms with Gasteiger partial charge in [0.2, 0.25) is 10.0 Å². The minimum absolute atomic E-state index is 0. The highest BCUT2D eigenvalue weighted by Crippen LogP contribution is 2.01. The summed E-state index contributed by atoms with van der Waals surface area (Å²) < 4.78 is 24.4. The number of halogens is 1. The fraction of sp³-hybridized carbons (Fsp3) is 1.00. The van der Waals surface area contributed by atoms with Crippen LogP contribution >= 0.6 is 12.4 Å². The molecule has 1 N–H and O–H groups in total. The molecule has 0 heterocycles. The van der Waals surface area contributed by atoms with Crippen molar-refractivity contribution in [3.05, 3.63) is 0 Å². The fourth-order valence-electron chi connectivity index (χ4n) is 0.891. The molecule has 0 bridgehead atoms. The molecular weight excluding hydrogens is 224 g/mol. The molecule has 0 spiro atoms. The molecule has 0 aliphatic carbocycles. The molecule has 4 nitrogen and oxygen atoms in total. The number of unbranched alkanes of at least 4 members (excludes halogenated alkanes) is 1. The predicted octanol–water partition coefficient (Wildman–Crippen LogP) is 0.689. The first-order valence-electron chi connectivity index (χ1n) is 4.63. The largest absolute Gasteiger partial charge is 0.318 e. The summed E-state index contributed by atoms with van der Waals surface area (Å²) in [6.45, 7) is 3.23. The van der Waals surface area contributed by atoms with Gasteiger partial charge < -0.3 is 5.32 Å². The van der Waals surface area contributed by atoms with Gasteiger partial charge in [-0.15, -0.1) is 12.4 Å². The molecule has 0 radical (unpaired) electrons. The molecule has 0 saturated carbocycles. The van der Waals surface area contributed by atoms with E-state index in [1.54, 1.807) is 7.05 Å². The molecule has 0 aromatic carbocycles. The van der Waals surface area contributed by atoms with Crippen LogP contribution in [-0.4, -0.2) is 45.7 Å². The van der Waals surface area contributed by atoms with E-state index in [0.29, 0.717) is 13.1 Å². The van der Waals surface area contributed by atoms with E-state index in [9.17, 15) is 8.42 Å². The first kappa shape index (κ1) is 16.6. The predicted molar refractivity (Wildman–Crippen MR) is 62.5 cm³/mol. The van der Waals surface area contributed by atoms with Gasteiger partial charge in [0.05, 0.1) is 5.75 Å². The minimum Gasteiger partial charge on any atom is -0.318 e. The molecule has 0 aromatic heterocycles. The van der Waals surface area contributed by atoms with Gasteiger partial charge in [-0.25, -0.2) is 12.7 Å². The number of nitrogens with zero attached hydrogens (tertiary/aromatic N) is 1. The maximum atomic E-state index is 11.5. The molecular formula is C8H21ClN2O2S. The number of hydrogen-bond acceptors (Lipinski definition) is 3. The number of sulfonamides is 1. The van der Waals surface area contributed by atoms with Crippen LogP contribution in [-0.2, 0) is 10.0 Å². The summed E-state index contributed by atoms with van der Waals surface area (Å²) in [5.74, 6) is 0.268. The van der Waals surface area contributed by atoms with Gasteiger partial charge in [-0.2, -0.15) is 0 Å². The van der Waals surface area contributed by atoms with Gasteiger partial charge in [0.25, 0.3) is 0 Å². The van der Waals surface area contributed by atoms with Crippen molar-refractivity contribution >= 4 is 22.4 Å². The Kier molecular flexibility index (Phi) is 10.0. The molecule has 0 fully saturated rings. The van der Waals surface area contributed by atoms with Crippen LogP contribution in [0.25, 0.3) is 0 Å². The van der Waals surface area contributed by atoms with Crippen LogP contribution in [0.4, 0.5) is 0 Å². The summed E-state index contributed by atoms with van der Waals surface area (Å²) in [4.78, 5) is 0. The Hall–Kier alpha value is 0.160. The zero-order valence-electron chi connectivity index (χ0n) is 9.12. The van der Waals surface area contributed by atoms with Gasteiger partial charge in [0.15, 0.2) is 0 Å². The summed E-state index contributed by atoms with van der Waals surface area (Å²) in [6.07, 6.45) is 1.66. The molecule has 0 rings (SSSR count). The molecule has 0 saturated heterocycles. The first-order valence-corrected chi connectivity index (χ1v) is 6.24. The monoisotopic (exact) mass is 244 g/mol. The Morgan fingerprint density at radius 2 is 1.93 bits per heavy atom. The van der Waals surface area contributed by atoms with Crippen molar-refractivity contribution in [1.82, 2.24) is 9.62 Å². The summed E-state index contributed by atoms with van der Waals surface area (Å²) >= 11 is 0. The third-order valence-corrected chi connectivity index (χ3v) is 3.84. The van der Waals surface area contributed by atoms with E-state index in [2.05, 4.69) is 5.32 Å². The van der Waals surface area contributed by atoms with Crippen molar-refractivity contribution in [3.8, 4) is 0 Å². The minimum atomic E-state index is -3.00. The van der Waals surface area contributed by atoms with E-state index in [4.69, 9.17) is 0 Å². The van der Waals surface area contributed by atoms with Crippen molar-refractivity contribution in [2.45, 2.75) is 19.8 Å². The van der Waals surface area contributed by atoms with E-state index in [1.807, 2.05) is 14.0 Å². The van der Waals surface area contributed by atoms with Crippen LogP contribution < -0.4 is 5.32 Å². The number of rotatable bonds is 7. The van der Waals surface area contributed by atoms with E-state index in [1.165, 1.54) is 4.31 Å². The lowest BCUT2D eigenvalue weighted by Gasteiger charge is -2.16. The lowest BCUT2D eigenvalue weighted by atomic mass is 10.4. The Balaban J connectivity index is 0. The Morgan fingerprint density at radius 3 is 2.36 bits per heavy atom. The average Bonchev–Trinajstić information content (AvgIpc) is 2.10. The molecule has 0 atom stereocenters. The van der Waals surface area contributed by atoms with E-state index in [-0.39, 0.29) is 18.2 Å². The summed E-state index contributed by atoms with van der Waals surface area (Å²) in [5, 5.41) is 2.92.